The van der Waals surface area contributed by atoms with Gasteiger partial charge in [0.25, 0.3) is 0 Å². The molecule has 1 N–H and O–H groups in total. The molecule has 0 unspecified atom stereocenters. The van der Waals surface area contributed by atoms with E-state index in [0.717, 1.165) is 12.8 Å². The van der Waals surface area contributed by atoms with E-state index in [0.29, 0.717) is 19.4 Å². The Balaban J connectivity index is 3.05. The molecule has 0 aromatic rings. The van der Waals surface area contributed by atoms with Crippen molar-refractivity contribution < 1.29 is 19.4 Å². The molecule has 0 aromatic heterocycles. The van der Waals surface area contributed by atoms with Crippen molar-refractivity contribution in [2.24, 2.45) is 10.8 Å². The highest BCUT2D eigenvalue weighted by Crippen LogP contribution is 2.51. The number of rotatable bonds is 3. The molecule has 16 heavy (non-hydrogen) atoms. The average Bonchev–Trinajstić information content (AvgIpc) is 2.22. The minimum atomic E-state index is -1.00. The Morgan fingerprint density at radius 2 is 1.69 bits per heavy atom. The number of carbonyl (C=O) groups excluding carboxylic acids is 1. The van der Waals surface area contributed by atoms with Crippen molar-refractivity contribution in [2.45, 2.75) is 46.5 Å². The summed E-state index contributed by atoms with van der Waals surface area (Å²) >= 11 is 0. The van der Waals surface area contributed by atoms with Crippen molar-refractivity contribution in [3.63, 3.8) is 0 Å². The van der Waals surface area contributed by atoms with Gasteiger partial charge in [0.15, 0.2) is 0 Å². The second-order valence-corrected chi connectivity index (χ2v) is 4.90. The molecule has 0 saturated heterocycles. The highest BCUT2D eigenvalue weighted by atomic mass is 16.5. The highest BCUT2D eigenvalue weighted by Gasteiger charge is 2.57. The molecular formula is C12H20O4. The van der Waals surface area contributed by atoms with Crippen LogP contribution in [-0.4, -0.2) is 23.7 Å². The van der Waals surface area contributed by atoms with Gasteiger partial charge in [0, 0.05) is 0 Å². The molecule has 0 heterocycles. The van der Waals surface area contributed by atoms with Crippen molar-refractivity contribution in [1.29, 1.82) is 0 Å². The first-order chi connectivity index (χ1) is 7.38. The first-order valence-electron chi connectivity index (χ1n) is 5.79. The molecule has 0 bridgehead atoms. The Morgan fingerprint density at radius 3 is 2.12 bits per heavy atom. The van der Waals surface area contributed by atoms with E-state index in [9.17, 15) is 14.7 Å². The van der Waals surface area contributed by atoms with Crippen LogP contribution in [0.1, 0.15) is 46.5 Å². The summed E-state index contributed by atoms with van der Waals surface area (Å²) in [5, 5.41) is 9.34. The number of hydrogen-bond donors (Lipinski definition) is 1. The zero-order chi connectivity index (χ0) is 12.4. The van der Waals surface area contributed by atoms with Crippen LogP contribution in [0.5, 0.6) is 0 Å². The number of carbonyl (C=O) groups is 2. The van der Waals surface area contributed by atoms with Gasteiger partial charge < -0.3 is 9.84 Å². The number of carboxylic acid groups (broad SMARTS) is 1. The fourth-order valence-electron chi connectivity index (χ4n) is 2.47. The van der Waals surface area contributed by atoms with Crippen LogP contribution in [0.25, 0.3) is 0 Å². The van der Waals surface area contributed by atoms with Crippen LogP contribution in [0, 0.1) is 10.8 Å². The van der Waals surface area contributed by atoms with Crippen LogP contribution < -0.4 is 0 Å². The number of hydrogen-bond acceptors (Lipinski definition) is 3. The normalized spacial score (nSPS) is 34.4. The van der Waals surface area contributed by atoms with Crippen molar-refractivity contribution in [3.8, 4) is 0 Å². The van der Waals surface area contributed by atoms with E-state index >= 15 is 0 Å². The predicted molar refractivity (Wildman–Crippen MR) is 59.0 cm³/mol. The summed E-state index contributed by atoms with van der Waals surface area (Å²) in [5.74, 6) is -1.28. The Kier molecular flexibility index (Phi) is 3.61. The van der Waals surface area contributed by atoms with Crippen LogP contribution in [0.3, 0.4) is 0 Å². The van der Waals surface area contributed by atoms with Gasteiger partial charge in [-0.25, -0.2) is 0 Å². The van der Waals surface area contributed by atoms with Gasteiger partial charge in [0.1, 0.15) is 0 Å². The zero-order valence-electron chi connectivity index (χ0n) is 10.2. The third-order valence-electron chi connectivity index (χ3n) is 4.02. The molecule has 1 rings (SSSR count). The number of carboxylic acids is 1. The molecule has 0 aromatic carbocycles. The van der Waals surface area contributed by atoms with Crippen LogP contribution in [-0.2, 0) is 14.3 Å². The summed E-state index contributed by atoms with van der Waals surface area (Å²) in [6.07, 6.45) is 2.88. The molecule has 1 fully saturated rings. The highest BCUT2D eigenvalue weighted by molar-refractivity contribution is 5.87. The van der Waals surface area contributed by atoms with E-state index in [1.165, 1.54) is 0 Å². The van der Waals surface area contributed by atoms with Crippen LogP contribution in [0.15, 0.2) is 0 Å². The maximum atomic E-state index is 12.0. The smallest absolute Gasteiger partial charge is 0.312 e. The van der Waals surface area contributed by atoms with E-state index in [1.807, 2.05) is 0 Å². The van der Waals surface area contributed by atoms with Crippen LogP contribution in [0.2, 0.25) is 0 Å². The molecule has 1 aliphatic rings. The minimum Gasteiger partial charge on any atom is -0.481 e. The largest absolute Gasteiger partial charge is 0.481 e. The summed E-state index contributed by atoms with van der Waals surface area (Å²) in [6, 6.07) is 0. The van der Waals surface area contributed by atoms with Gasteiger partial charge >= 0.3 is 11.9 Å². The molecule has 2 atom stereocenters. The second kappa shape index (κ2) is 4.44. The molecule has 92 valence electrons. The Morgan fingerprint density at radius 1 is 1.19 bits per heavy atom. The standard InChI is InChI=1S/C12H20O4/c1-4-16-10(15)12(3)8-6-5-7-11(12,2)9(13)14/h4-8H2,1-3H3,(H,13,14)/t11-,12+/m1/s1. The maximum absolute atomic E-state index is 12.0. The summed E-state index contributed by atoms with van der Waals surface area (Å²) in [7, 11) is 0. The lowest BCUT2D eigenvalue weighted by atomic mass is 9.57. The van der Waals surface area contributed by atoms with Gasteiger partial charge in [-0.05, 0) is 33.6 Å². The van der Waals surface area contributed by atoms with Gasteiger partial charge in [-0.1, -0.05) is 12.8 Å². The lowest BCUT2D eigenvalue weighted by molar-refractivity contribution is -0.179. The molecular weight excluding hydrogens is 208 g/mol. The summed E-state index contributed by atoms with van der Waals surface area (Å²) in [5.41, 5.74) is -1.90. The Labute approximate surface area is 96.0 Å². The fraction of sp³-hybridized carbons (Fsp3) is 0.833. The van der Waals surface area contributed by atoms with E-state index in [2.05, 4.69) is 0 Å². The quantitative estimate of drug-likeness (QED) is 0.752. The molecule has 4 heteroatoms. The minimum absolute atomic E-state index is 0.296. The number of esters is 1. The zero-order valence-corrected chi connectivity index (χ0v) is 10.2. The third kappa shape index (κ3) is 1.81. The molecule has 0 aliphatic heterocycles. The lowest BCUT2D eigenvalue weighted by Gasteiger charge is -2.44. The molecule has 0 spiro atoms. The van der Waals surface area contributed by atoms with Gasteiger partial charge in [-0.2, -0.15) is 0 Å². The van der Waals surface area contributed by atoms with Gasteiger partial charge in [0.2, 0.25) is 0 Å². The molecule has 4 nitrogen and oxygen atoms in total. The van der Waals surface area contributed by atoms with Crippen LogP contribution in [0.4, 0.5) is 0 Å². The summed E-state index contributed by atoms with van der Waals surface area (Å²) < 4.78 is 5.03. The fourth-order valence-corrected chi connectivity index (χ4v) is 2.47. The molecule has 1 saturated carbocycles. The van der Waals surface area contributed by atoms with Crippen molar-refractivity contribution >= 4 is 11.9 Å². The third-order valence-corrected chi connectivity index (χ3v) is 4.02. The van der Waals surface area contributed by atoms with Crippen molar-refractivity contribution in [1.82, 2.24) is 0 Å². The van der Waals surface area contributed by atoms with Crippen molar-refractivity contribution in [2.75, 3.05) is 6.61 Å². The Bertz CT molecular complexity index is 299. The molecule has 0 amide bonds. The number of ether oxygens (including phenoxy) is 1. The van der Waals surface area contributed by atoms with E-state index in [4.69, 9.17) is 4.74 Å². The van der Waals surface area contributed by atoms with Gasteiger partial charge in [-0.3, -0.25) is 9.59 Å². The molecule has 0 radical (unpaired) electrons. The van der Waals surface area contributed by atoms with E-state index in [1.54, 1.807) is 20.8 Å². The monoisotopic (exact) mass is 228 g/mol. The Hall–Kier alpha value is -1.06. The first-order valence-corrected chi connectivity index (χ1v) is 5.79. The van der Waals surface area contributed by atoms with Crippen molar-refractivity contribution in [3.05, 3.63) is 0 Å². The molecule has 1 aliphatic carbocycles. The topological polar surface area (TPSA) is 63.6 Å². The first kappa shape index (κ1) is 13.0. The predicted octanol–water partition coefficient (Wildman–Crippen LogP) is 2.22. The SMILES string of the molecule is CCOC(=O)[C@]1(C)CCCC[C@]1(C)C(=O)O. The van der Waals surface area contributed by atoms with E-state index < -0.39 is 16.8 Å². The van der Waals surface area contributed by atoms with Gasteiger partial charge in [-0.15, -0.1) is 0 Å². The number of aliphatic carboxylic acids is 1. The summed E-state index contributed by atoms with van der Waals surface area (Å²) in [4.78, 5) is 23.3. The summed E-state index contributed by atoms with van der Waals surface area (Å²) in [6.45, 7) is 5.41. The van der Waals surface area contributed by atoms with E-state index in [-0.39, 0.29) is 5.97 Å². The van der Waals surface area contributed by atoms with Gasteiger partial charge in [0.05, 0.1) is 17.4 Å². The second-order valence-electron chi connectivity index (χ2n) is 4.90. The lowest BCUT2D eigenvalue weighted by Crippen LogP contribution is -2.51. The average molecular weight is 228 g/mol. The maximum Gasteiger partial charge on any atom is 0.312 e. The van der Waals surface area contributed by atoms with Crippen LogP contribution >= 0.6 is 0 Å².